The second-order valence-electron chi connectivity index (χ2n) is 2.12. The van der Waals surface area contributed by atoms with Crippen LogP contribution in [0.15, 0.2) is 11.6 Å². The molecule has 0 aliphatic heterocycles. The lowest BCUT2D eigenvalue weighted by Crippen LogP contribution is -2.33. The van der Waals surface area contributed by atoms with E-state index in [1.807, 2.05) is 0 Å². The van der Waals surface area contributed by atoms with Gasteiger partial charge in [-0.05, 0) is 6.92 Å². The van der Waals surface area contributed by atoms with Crippen LogP contribution < -0.4 is 0 Å². The average Bonchev–Trinajstić information content (AvgIpc) is 1.84. The molecular formula is C6H11ClO2S. The fraction of sp³-hybridized carbons (Fsp3) is 0.667. The Kier molecular flexibility index (Phi) is 4.36. The van der Waals surface area contributed by atoms with Crippen molar-refractivity contribution in [2.75, 3.05) is 0 Å². The molecule has 0 radical (unpaired) electrons. The van der Waals surface area contributed by atoms with E-state index >= 15 is 0 Å². The zero-order valence-corrected chi connectivity index (χ0v) is 7.31. The molecule has 0 fully saturated rings. The van der Waals surface area contributed by atoms with Crippen molar-refractivity contribution in [2.24, 2.45) is 0 Å². The van der Waals surface area contributed by atoms with Gasteiger partial charge in [0.05, 0.1) is 6.10 Å². The van der Waals surface area contributed by atoms with Crippen LogP contribution in [-0.4, -0.2) is 21.3 Å². The van der Waals surface area contributed by atoms with E-state index < -0.39 is 11.0 Å². The Labute approximate surface area is 70.9 Å². The first-order valence-corrected chi connectivity index (χ1v) is 3.77. The maximum atomic E-state index is 9.23. The van der Waals surface area contributed by atoms with Crippen molar-refractivity contribution < 1.29 is 10.2 Å². The molecule has 2 nitrogen and oxygen atoms in total. The van der Waals surface area contributed by atoms with Crippen molar-refractivity contribution >= 4 is 24.2 Å². The number of halogens is 1. The molecule has 10 heavy (non-hydrogen) atoms. The van der Waals surface area contributed by atoms with E-state index in [-0.39, 0.29) is 6.42 Å². The summed E-state index contributed by atoms with van der Waals surface area (Å²) in [6.45, 7) is 1.47. The molecule has 2 unspecified atom stereocenters. The highest BCUT2D eigenvalue weighted by Crippen LogP contribution is 2.20. The number of hydrogen-bond acceptors (Lipinski definition) is 3. The molecule has 0 bridgehead atoms. The maximum absolute atomic E-state index is 9.23. The van der Waals surface area contributed by atoms with Crippen LogP contribution in [0.25, 0.3) is 0 Å². The largest absolute Gasteiger partial charge is 0.389 e. The molecular weight excluding hydrogens is 172 g/mol. The van der Waals surface area contributed by atoms with Crippen molar-refractivity contribution in [1.29, 1.82) is 0 Å². The highest BCUT2D eigenvalue weighted by molar-refractivity contribution is 7.81. The van der Waals surface area contributed by atoms with Gasteiger partial charge in [-0.15, -0.1) is 12.6 Å². The Hall–Kier alpha value is 0.300. The predicted molar refractivity (Wildman–Crippen MR) is 45.2 cm³/mol. The summed E-state index contributed by atoms with van der Waals surface area (Å²) in [6, 6.07) is 0. The molecule has 0 aromatic rings. The third kappa shape index (κ3) is 3.46. The monoisotopic (exact) mass is 182 g/mol. The molecule has 2 atom stereocenters. The topological polar surface area (TPSA) is 40.5 Å². The minimum atomic E-state index is -1.37. The summed E-state index contributed by atoms with van der Waals surface area (Å²) in [5, 5.41) is 18.1. The van der Waals surface area contributed by atoms with Crippen molar-refractivity contribution in [1.82, 2.24) is 0 Å². The van der Waals surface area contributed by atoms with Crippen molar-refractivity contribution in [2.45, 2.75) is 24.4 Å². The van der Waals surface area contributed by atoms with Crippen LogP contribution in [0.5, 0.6) is 0 Å². The number of hydrogen-bond donors (Lipinski definition) is 3. The van der Waals surface area contributed by atoms with Crippen LogP contribution in [0.3, 0.4) is 0 Å². The van der Waals surface area contributed by atoms with Gasteiger partial charge in [0, 0.05) is 12.0 Å². The highest BCUT2D eigenvalue weighted by Gasteiger charge is 2.25. The molecule has 0 saturated heterocycles. The standard InChI is InChI=1S/C6H11ClO2S/c1-5(8)6(9,10)3-2-4-7/h2,4-5,8-10H,3H2,1H3/b4-2+. The van der Waals surface area contributed by atoms with Gasteiger partial charge < -0.3 is 10.2 Å². The number of thiol groups is 1. The SMILES string of the molecule is CC(O)C(O)(S)C/C=C/Cl. The van der Waals surface area contributed by atoms with Crippen LogP contribution in [-0.2, 0) is 0 Å². The summed E-state index contributed by atoms with van der Waals surface area (Å²) in [6.07, 6.45) is 0.891. The Bertz CT molecular complexity index is 123. The summed E-state index contributed by atoms with van der Waals surface area (Å²) >= 11 is 9.02. The van der Waals surface area contributed by atoms with Gasteiger partial charge in [-0.1, -0.05) is 17.7 Å². The van der Waals surface area contributed by atoms with Crippen molar-refractivity contribution in [3.05, 3.63) is 11.6 Å². The second-order valence-corrected chi connectivity index (χ2v) is 3.15. The van der Waals surface area contributed by atoms with Crippen LogP contribution in [0.1, 0.15) is 13.3 Å². The summed E-state index contributed by atoms with van der Waals surface area (Å²) in [4.78, 5) is -1.37. The lowest BCUT2D eigenvalue weighted by Gasteiger charge is -2.23. The minimum Gasteiger partial charge on any atom is -0.389 e. The molecule has 0 aromatic carbocycles. The zero-order chi connectivity index (χ0) is 8.20. The lowest BCUT2D eigenvalue weighted by molar-refractivity contribution is 0.00829. The van der Waals surface area contributed by atoms with Crippen LogP contribution in [0, 0.1) is 0 Å². The number of aliphatic hydroxyl groups is 2. The van der Waals surface area contributed by atoms with Gasteiger partial charge in [-0.25, -0.2) is 0 Å². The van der Waals surface area contributed by atoms with Crippen LogP contribution in [0.2, 0.25) is 0 Å². The zero-order valence-electron chi connectivity index (χ0n) is 5.66. The summed E-state index contributed by atoms with van der Waals surface area (Å²) in [5.74, 6) is 0. The van der Waals surface area contributed by atoms with Gasteiger partial charge in [-0.2, -0.15) is 0 Å². The number of aliphatic hydroxyl groups excluding tert-OH is 1. The van der Waals surface area contributed by atoms with Gasteiger partial charge >= 0.3 is 0 Å². The Balaban J connectivity index is 3.86. The van der Waals surface area contributed by atoms with Crippen LogP contribution in [0.4, 0.5) is 0 Å². The number of rotatable bonds is 3. The van der Waals surface area contributed by atoms with Crippen LogP contribution >= 0.6 is 24.2 Å². The van der Waals surface area contributed by atoms with E-state index in [0.29, 0.717) is 0 Å². The normalized spacial score (nSPS) is 20.9. The molecule has 0 amide bonds. The Morgan fingerprint density at radius 2 is 2.30 bits per heavy atom. The third-order valence-electron chi connectivity index (χ3n) is 1.18. The van der Waals surface area contributed by atoms with Crippen molar-refractivity contribution in [3.8, 4) is 0 Å². The van der Waals surface area contributed by atoms with E-state index in [4.69, 9.17) is 16.7 Å². The minimum absolute atomic E-state index is 0.233. The fourth-order valence-corrected chi connectivity index (χ4v) is 0.583. The summed E-state index contributed by atoms with van der Waals surface area (Å²) in [7, 11) is 0. The Morgan fingerprint density at radius 1 is 1.80 bits per heavy atom. The van der Waals surface area contributed by atoms with E-state index in [0.717, 1.165) is 0 Å². The molecule has 60 valence electrons. The second kappa shape index (κ2) is 4.23. The average molecular weight is 183 g/mol. The molecule has 0 saturated carbocycles. The third-order valence-corrected chi connectivity index (χ3v) is 1.91. The summed E-state index contributed by atoms with van der Waals surface area (Å²) < 4.78 is 0. The lowest BCUT2D eigenvalue weighted by atomic mass is 10.1. The van der Waals surface area contributed by atoms with Gasteiger partial charge in [0.25, 0.3) is 0 Å². The predicted octanol–water partition coefficient (Wildman–Crippen LogP) is 1.13. The van der Waals surface area contributed by atoms with E-state index in [1.54, 1.807) is 0 Å². The highest BCUT2D eigenvalue weighted by atomic mass is 35.5. The smallest absolute Gasteiger partial charge is 0.136 e. The molecule has 0 spiro atoms. The van der Waals surface area contributed by atoms with Crippen molar-refractivity contribution in [3.63, 3.8) is 0 Å². The quantitative estimate of drug-likeness (QED) is 0.453. The van der Waals surface area contributed by atoms with Gasteiger partial charge in [0.15, 0.2) is 0 Å². The summed E-state index contributed by atoms with van der Waals surface area (Å²) in [5.41, 5.74) is 1.28. The molecule has 0 aliphatic rings. The Morgan fingerprint density at radius 3 is 2.60 bits per heavy atom. The van der Waals surface area contributed by atoms with Gasteiger partial charge in [0.1, 0.15) is 4.93 Å². The van der Waals surface area contributed by atoms with Gasteiger partial charge in [-0.3, -0.25) is 0 Å². The molecule has 0 aliphatic carbocycles. The first-order chi connectivity index (χ1) is 4.50. The fourth-order valence-electron chi connectivity index (χ4n) is 0.389. The first-order valence-electron chi connectivity index (χ1n) is 2.88. The molecule has 2 N–H and O–H groups in total. The van der Waals surface area contributed by atoms with E-state index in [1.165, 1.54) is 18.5 Å². The molecule has 0 rings (SSSR count). The van der Waals surface area contributed by atoms with Gasteiger partial charge in [0.2, 0.25) is 0 Å². The molecule has 4 heteroatoms. The molecule has 0 heterocycles. The first kappa shape index (κ1) is 10.3. The van der Waals surface area contributed by atoms with E-state index in [9.17, 15) is 5.11 Å². The molecule has 0 aromatic heterocycles. The maximum Gasteiger partial charge on any atom is 0.136 e. The van der Waals surface area contributed by atoms with E-state index in [2.05, 4.69) is 12.6 Å².